The zero-order chi connectivity index (χ0) is 21.9. The fraction of sp³-hybridized carbons (Fsp3) is 0.450. The predicted octanol–water partition coefficient (Wildman–Crippen LogP) is 1.21. The third-order valence-electron chi connectivity index (χ3n) is 5.42. The maximum atomic E-state index is 13.4. The summed E-state index contributed by atoms with van der Waals surface area (Å²) in [6.45, 7) is 0.530. The Morgan fingerprint density at radius 2 is 1.73 bits per heavy atom. The van der Waals surface area contributed by atoms with Gasteiger partial charge in [0.15, 0.2) is 31.2 Å². The molecule has 0 aliphatic carbocycles. The molecule has 3 rings (SSSR count). The Labute approximate surface area is 177 Å². The summed E-state index contributed by atoms with van der Waals surface area (Å²) in [5.74, 6) is 0.105. The van der Waals surface area contributed by atoms with E-state index in [4.69, 9.17) is 9.47 Å². The number of rotatable bonds is 8. The Kier molecular flexibility index (Phi) is 6.68. The molecule has 1 saturated heterocycles. The van der Waals surface area contributed by atoms with Crippen LogP contribution >= 0.6 is 0 Å². The molecule has 10 heteroatoms. The van der Waals surface area contributed by atoms with Crippen molar-refractivity contribution >= 4 is 19.7 Å². The van der Waals surface area contributed by atoms with Gasteiger partial charge in [-0.1, -0.05) is 0 Å². The number of ether oxygens (including phenoxy) is 2. The van der Waals surface area contributed by atoms with Crippen molar-refractivity contribution in [2.75, 3.05) is 39.3 Å². The van der Waals surface area contributed by atoms with E-state index in [1.165, 1.54) is 32.4 Å². The smallest absolute Gasteiger partial charge is 0.183 e. The topological polar surface area (TPSA) is 103 Å². The number of pyridine rings is 1. The van der Waals surface area contributed by atoms with Crippen LogP contribution in [0.2, 0.25) is 0 Å². The van der Waals surface area contributed by atoms with Gasteiger partial charge in [-0.05, 0) is 43.3 Å². The number of hydrogen-bond donors (Lipinski definition) is 0. The molecule has 0 bridgehead atoms. The quantitative estimate of drug-likeness (QED) is 0.587. The molecule has 0 radical (unpaired) electrons. The van der Waals surface area contributed by atoms with Crippen LogP contribution in [0.3, 0.4) is 0 Å². The molecule has 1 aromatic carbocycles. The first-order valence-electron chi connectivity index (χ1n) is 9.43. The Morgan fingerprint density at radius 1 is 1.07 bits per heavy atom. The average Bonchev–Trinajstić information content (AvgIpc) is 3.08. The Hall–Kier alpha value is -2.17. The minimum atomic E-state index is -3.91. The van der Waals surface area contributed by atoms with E-state index >= 15 is 0 Å². The lowest BCUT2D eigenvalue weighted by Crippen LogP contribution is -2.45. The van der Waals surface area contributed by atoms with Crippen LogP contribution in [-0.4, -0.2) is 77.3 Å². The maximum Gasteiger partial charge on any atom is 0.183 e. The molecule has 1 fully saturated rings. The van der Waals surface area contributed by atoms with Crippen LogP contribution in [0.1, 0.15) is 5.56 Å². The molecule has 30 heavy (non-hydrogen) atoms. The second kappa shape index (κ2) is 8.91. The van der Waals surface area contributed by atoms with E-state index < -0.39 is 36.7 Å². The summed E-state index contributed by atoms with van der Waals surface area (Å²) in [6, 6.07) is 7.46. The monoisotopic (exact) mass is 454 g/mol. The summed E-state index contributed by atoms with van der Waals surface area (Å²) < 4.78 is 61.9. The molecule has 1 aromatic heterocycles. The van der Waals surface area contributed by atoms with Crippen molar-refractivity contribution in [3.05, 3.63) is 48.3 Å². The van der Waals surface area contributed by atoms with Crippen LogP contribution in [0.5, 0.6) is 11.5 Å². The van der Waals surface area contributed by atoms with E-state index in [1.54, 1.807) is 19.4 Å². The van der Waals surface area contributed by atoms with Gasteiger partial charge in [0.1, 0.15) is 0 Å². The zero-order valence-electron chi connectivity index (χ0n) is 17.2. The van der Waals surface area contributed by atoms with Crippen molar-refractivity contribution in [3.8, 4) is 11.5 Å². The van der Waals surface area contributed by atoms with Crippen molar-refractivity contribution in [1.29, 1.82) is 0 Å². The minimum Gasteiger partial charge on any atom is -0.493 e. The Balaban J connectivity index is 1.87. The van der Waals surface area contributed by atoms with Crippen LogP contribution in [0.25, 0.3) is 0 Å². The number of benzene rings is 1. The van der Waals surface area contributed by atoms with Gasteiger partial charge in [-0.3, -0.25) is 4.98 Å². The molecule has 2 heterocycles. The molecule has 1 aliphatic heterocycles. The molecular formula is C20H26N2O6S2. The summed E-state index contributed by atoms with van der Waals surface area (Å²) in [4.78, 5) is 5.83. The molecule has 2 atom stereocenters. The lowest BCUT2D eigenvalue weighted by atomic mass is 10.1. The zero-order valence-corrected chi connectivity index (χ0v) is 18.8. The minimum absolute atomic E-state index is 0.0229. The van der Waals surface area contributed by atoms with Crippen LogP contribution in [0, 0.1) is 0 Å². The van der Waals surface area contributed by atoms with Gasteiger partial charge in [0, 0.05) is 31.0 Å². The lowest BCUT2D eigenvalue weighted by molar-refractivity contribution is 0.266. The molecule has 8 nitrogen and oxygen atoms in total. The predicted molar refractivity (Wildman–Crippen MR) is 114 cm³/mol. The van der Waals surface area contributed by atoms with Gasteiger partial charge < -0.3 is 14.4 Å². The molecule has 0 unspecified atom stereocenters. The van der Waals surface area contributed by atoms with Gasteiger partial charge in [-0.25, -0.2) is 16.8 Å². The lowest BCUT2D eigenvalue weighted by Gasteiger charge is -2.28. The highest BCUT2D eigenvalue weighted by atomic mass is 32.2. The summed E-state index contributed by atoms with van der Waals surface area (Å²) in [6.07, 6.45) is 4.05. The Bertz CT molecular complexity index is 1090. The SMILES string of the molecule is COc1ccc(S(=O)(=O)[C@H]2CS(=O)(=O)C[C@@H]2N(C)CCc2ccncc2)cc1OC. The number of hydrogen-bond acceptors (Lipinski definition) is 8. The van der Waals surface area contributed by atoms with E-state index in [1.807, 2.05) is 17.0 Å². The normalized spacial score (nSPS) is 20.9. The van der Waals surface area contributed by atoms with Gasteiger partial charge in [0.05, 0.1) is 35.9 Å². The fourth-order valence-electron chi connectivity index (χ4n) is 3.69. The largest absolute Gasteiger partial charge is 0.493 e. The van der Waals surface area contributed by atoms with Crippen LogP contribution in [0.15, 0.2) is 47.6 Å². The third kappa shape index (κ3) is 4.76. The van der Waals surface area contributed by atoms with E-state index in [-0.39, 0.29) is 16.4 Å². The Morgan fingerprint density at radius 3 is 2.37 bits per heavy atom. The molecule has 1 aliphatic rings. The molecule has 164 valence electrons. The first-order valence-corrected chi connectivity index (χ1v) is 12.8. The number of nitrogens with zero attached hydrogens (tertiary/aromatic N) is 2. The molecule has 0 spiro atoms. The van der Waals surface area contributed by atoms with Crippen LogP contribution < -0.4 is 9.47 Å². The number of aromatic nitrogens is 1. The van der Waals surface area contributed by atoms with Gasteiger partial charge in [0.2, 0.25) is 0 Å². The van der Waals surface area contributed by atoms with Gasteiger partial charge in [-0.2, -0.15) is 0 Å². The van der Waals surface area contributed by atoms with E-state index in [2.05, 4.69) is 4.98 Å². The van der Waals surface area contributed by atoms with Crippen molar-refractivity contribution < 1.29 is 26.3 Å². The number of likely N-dealkylation sites (N-methyl/N-ethyl adjacent to an activating group) is 1. The summed E-state index contributed by atoms with van der Waals surface area (Å²) in [5, 5.41) is -1.05. The summed E-state index contributed by atoms with van der Waals surface area (Å²) in [7, 11) is -2.74. The highest BCUT2D eigenvalue weighted by Gasteiger charge is 2.47. The van der Waals surface area contributed by atoms with Crippen molar-refractivity contribution in [2.24, 2.45) is 0 Å². The summed E-state index contributed by atoms with van der Waals surface area (Å²) in [5.41, 5.74) is 1.05. The molecule has 0 saturated carbocycles. The number of sulfone groups is 2. The van der Waals surface area contributed by atoms with Crippen molar-refractivity contribution in [3.63, 3.8) is 0 Å². The van der Waals surface area contributed by atoms with Crippen molar-refractivity contribution in [2.45, 2.75) is 22.6 Å². The van der Waals surface area contributed by atoms with Crippen LogP contribution in [0.4, 0.5) is 0 Å². The van der Waals surface area contributed by atoms with Crippen LogP contribution in [-0.2, 0) is 26.1 Å². The molecule has 2 aromatic rings. The van der Waals surface area contributed by atoms with E-state index in [0.29, 0.717) is 18.7 Å². The average molecular weight is 455 g/mol. The fourth-order valence-corrected chi connectivity index (χ4v) is 8.62. The summed E-state index contributed by atoms with van der Waals surface area (Å²) >= 11 is 0. The number of methoxy groups -OCH3 is 2. The molecule has 0 N–H and O–H groups in total. The molecular weight excluding hydrogens is 428 g/mol. The maximum absolute atomic E-state index is 13.4. The second-order valence-corrected chi connectivity index (χ2v) is 11.7. The highest BCUT2D eigenvalue weighted by Crippen LogP contribution is 2.34. The van der Waals surface area contributed by atoms with Gasteiger partial charge >= 0.3 is 0 Å². The second-order valence-electron chi connectivity index (χ2n) is 7.33. The van der Waals surface area contributed by atoms with Gasteiger partial charge in [0.25, 0.3) is 0 Å². The standard InChI is InChI=1S/C20H26N2O6S2/c1-22(11-8-15-6-9-21-10-7-15)17-13-29(23,24)14-20(17)30(25,26)16-4-5-18(27-2)19(12-16)28-3/h4-7,9-10,12,17,20H,8,11,13-14H2,1-3H3/t17-,20-/m0/s1. The first kappa shape index (κ1) is 22.5. The molecule has 0 amide bonds. The van der Waals surface area contributed by atoms with Crippen molar-refractivity contribution in [1.82, 2.24) is 9.88 Å². The third-order valence-corrected chi connectivity index (χ3v) is 9.54. The highest BCUT2D eigenvalue weighted by molar-refractivity contribution is 7.96. The van der Waals surface area contributed by atoms with E-state index in [9.17, 15) is 16.8 Å². The van der Waals surface area contributed by atoms with E-state index in [0.717, 1.165) is 5.56 Å². The van der Waals surface area contributed by atoms with Gasteiger partial charge in [-0.15, -0.1) is 0 Å². The first-order chi connectivity index (χ1) is 14.2.